The van der Waals surface area contributed by atoms with Gasteiger partial charge in [-0.15, -0.1) is 0 Å². The van der Waals surface area contributed by atoms with E-state index in [9.17, 15) is 4.39 Å². The second-order valence-electron chi connectivity index (χ2n) is 4.39. The predicted molar refractivity (Wildman–Crippen MR) is 78.9 cm³/mol. The zero-order valence-electron chi connectivity index (χ0n) is 11.5. The molecule has 1 aromatic carbocycles. The van der Waals surface area contributed by atoms with Crippen LogP contribution in [0.4, 0.5) is 4.39 Å². The van der Waals surface area contributed by atoms with E-state index in [0.29, 0.717) is 0 Å². The fourth-order valence-electron chi connectivity index (χ4n) is 1.82. The van der Waals surface area contributed by atoms with Crippen molar-refractivity contribution in [2.45, 2.75) is 13.5 Å². The van der Waals surface area contributed by atoms with Gasteiger partial charge in [-0.3, -0.25) is 4.68 Å². The van der Waals surface area contributed by atoms with Gasteiger partial charge in [-0.05, 0) is 41.1 Å². The number of nitrogens with zero attached hydrogens (tertiary/aromatic N) is 3. The molecule has 8 heteroatoms. The summed E-state index contributed by atoms with van der Waals surface area (Å²) in [4.78, 5) is 0. The molecule has 0 spiro atoms. The second-order valence-corrected chi connectivity index (χ2v) is 5.18. The highest BCUT2D eigenvalue weighted by Crippen LogP contribution is 2.24. The van der Waals surface area contributed by atoms with Crippen molar-refractivity contribution in [3.05, 3.63) is 45.4 Å². The van der Waals surface area contributed by atoms with Crippen LogP contribution in [0.5, 0.6) is 5.75 Å². The first-order valence-corrected chi connectivity index (χ1v) is 6.81. The van der Waals surface area contributed by atoms with Crippen LogP contribution in [0.2, 0.25) is 0 Å². The number of rotatable bonds is 4. The molecule has 6 nitrogen and oxygen atoms in total. The molecule has 0 radical (unpaired) electrons. The van der Waals surface area contributed by atoms with Gasteiger partial charge in [0.2, 0.25) is 0 Å². The molecule has 0 saturated heterocycles. The largest absolute Gasteiger partial charge is 0.484 e. The summed E-state index contributed by atoms with van der Waals surface area (Å²) in [6.07, 6.45) is 0. The Morgan fingerprint density at radius 1 is 1.57 bits per heavy atom. The van der Waals surface area contributed by atoms with E-state index in [2.05, 4.69) is 26.2 Å². The minimum atomic E-state index is -0.589. The lowest BCUT2D eigenvalue weighted by Gasteiger charge is -2.09. The van der Waals surface area contributed by atoms with Crippen molar-refractivity contribution in [2.24, 2.45) is 17.9 Å². The lowest BCUT2D eigenvalue weighted by Crippen LogP contribution is -2.13. The lowest BCUT2D eigenvalue weighted by molar-refractivity contribution is 0.279. The van der Waals surface area contributed by atoms with Gasteiger partial charge in [0.1, 0.15) is 6.61 Å². The first-order chi connectivity index (χ1) is 9.93. The molecule has 0 atom stereocenters. The van der Waals surface area contributed by atoms with Crippen molar-refractivity contribution in [1.82, 2.24) is 9.78 Å². The Bertz CT molecular complexity index is 700. The molecule has 2 aromatic rings. The van der Waals surface area contributed by atoms with Crippen LogP contribution in [-0.4, -0.2) is 20.8 Å². The molecule has 2 rings (SSSR count). The fourth-order valence-corrected chi connectivity index (χ4v) is 2.27. The summed E-state index contributed by atoms with van der Waals surface area (Å²) in [6.45, 7) is 2.03. The number of hydrogen-bond acceptors (Lipinski definition) is 4. The Hall–Kier alpha value is -2.09. The maximum atomic E-state index is 13.9. The van der Waals surface area contributed by atoms with Gasteiger partial charge in [0, 0.05) is 12.6 Å². The van der Waals surface area contributed by atoms with Crippen LogP contribution in [0, 0.1) is 12.7 Å². The molecule has 0 amide bonds. The maximum Gasteiger partial charge on any atom is 0.170 e. The SMILES string of the molecule is Cc1nn(C)c(COc2ccc(/C(N)=N/O)cc2F)c1Br. The molecule has 0 saturated carbocycles. The predicted octanol–water partition coefficient (Wildman–Crippen LogP) is 2.30. The zero-order chi connectivity index (χ0) is 15.6. The number of ether oxygens (including phenoxy) is 1. The van der Waals surface area contributed by atoms with E-state index in [1.165, 1.54) is 12.1 Å². The van der Waals surface area contributed by atoms with Crippen LogP contribution in [0.3, 0.4) is 0 Å². The number of benzene rings is 1. The number of nitrogens with two attached hydrogens (primary N) is 1. The Kier molecular flexibility index (Phi) is 4.46. The number of aryl methyl sites for hydroxylation is 2. The topological polar surface area (TPSA) is 85.7 Å². The number of aromatic nitrogens is 2. The third kappa shape index (κ3) is 3.15. The smallest absolute Gasteiger partial charge is 0.170 e. The van der Waals surface area contributed by atoms with E-state index in [1.807, 2.05) is 6.92 Å². The van der Waals surface area contributed by atoms with Gasteiger partial charge in [-0.25, -0.2) is 4.39 Å². The maximum absolute atomic E-state index is 13.9. The molecule has 1 heterocycles. The highest BCUT2D eigenvalue weighted by molar-refractivity contribution is 9.10. The summed E-state index contributed by atoms with van der Waals surface area (Å²) in [7, 11) is 1.79. The first-order valence-electron chi connectivity index (χ1n) is 6.02. The van der Waals surface area contributed by atoms with Crippen molar-refractivity contribution in [1.29, 1.82) is 0 Å². The van der Waals surface area contributed by atoms with Gasteiger partial charge < -0.3 is 15.7 Å². The van der Waals surface area contributed by atoms with E-state index in [-0.39, 0.29) is 23.8 Å². The van der Waals surface area contributed by atoms with Gasteiger partial charge in [-0.2, -0.15) is 5.10 Å². The molecule has 1 aromatic heterocycles. The van der Waals surface area contributed by atoms with E-state index < -0.39 is 5.82 Å². The molecule has 0 fully saturated rings. The summed E-state index contributed by atoms with van der Waals surface area (Å²) in [5.74, 6) is -0.671. The van der Waals surface area contributed by atoms with Crippen LogP contribution in [0.25, 0.3) is 0 Å². The van der Waals surface area contributed by atoms with Gasteiger partial charge in [0.05, 0.1) is 15.9 Å². The summed E-state index contributed by atoms with van der Waals surface area (Å²) in [6, 6.07) is 4.09. The van der Waals surface area contributed by atoms with Crippen LogP contribution >= 0.6 is 15.9 Å². The third-order valence-electron chi connectivity index (χ3n) is 2.96. The second kappa shape index (κ2) is 6.13. The summed E-state index contributed by atoms with van der Waals surface area (Å²) in [5.41, 5.74) is 7.30. The third-order valence-corrected chi connectivity index (χ3v) is 3.99. The van der Waals surface area contributed by atoms with E-state index in [4.69, 9.17) is 15.7 Å². The van der Waals surface area contributed by atoms with Gasteiger partial charge in [0.25, 0.3) is 0 Å². The van der Waals surface area contributed by atoms with E-state index in [0.717, 1.165) is 21.9 Å². The average Bonchev–Trinajstić information content (AvgIpc) is 2.70. The molecular weight excluding hydrogens is 343 g/mol. The molecule has 21 heavy (non-hydrogen) atoms. The molecular formula is C13H14BrFN4O2. The zero-order valence-corrected chi connectivity index (χ0v) is 13.1. The Morgan fingerprint density at radius 2 is 2.29 bits per heavy atom. The number of halogens is 2. The quantitative estimate of drug-likeness (QED) is 0.381. The summed E-state index contributed by atoms with van der Waals surface area (Å²) < 4.78 is 21.9. The highest BCUT2D eigenvalue weighted by Gasteiger charge is 2.13. The molecule has 0 bridgehead atoms. The first kappa shape index (κ1) is 15.3. The molecule has 0 aliphatic rings. The standard InChI is InChI=1S/C13H14BrFN4O2/c1-7-12(14)10(19(2)17-7)6-21-11-4-3-8(5-9(11)15)13(16)18-20/h3-5,20H,6H2,1-2H3,(H2,16,18). The van der Waals surface area contributed by atoms with Crippen LogP contribution in [0.1, 0.15) is 17.0 Å². The van der Waals surface area contributed by atoms with Gasteiger partial charge in [-0.1, -0.05) is 5.16 Å². The number of oxime groups is 1. The average molecular weight is 357 g/mol. The normalized spacial score (nSPS) is 11.7. The molecule has 0 unspecified atom stereocenters. The highest BCUT2D eigenvalue weighted by atomic mass is 79.9. The van der Waals surface area contributed by atoms with Crippen molar-refractivity contribution >= 4 is 21.8 Å². The minimum Gasteiger partial charge on any atom is -0.484 e. The van der Waals surface area contributed by atoms with Crippen molar-refractivity contribution in [3.8, 4) is 5.75 Å². The number of hydrogen-bond donors (Lipinski definition) is 2. The summed E-state index contributed by atoms with van der Waals surface area (Å²) in [5, 5.41) is 15.6. The van der Waals surface area contributed by atoms with Crippen molar-refractivity contribution in [2.75, 3.05) is 0 Å². The van der Waals surface area contributed by atoms with Crippen molar-refractivity contribution in [3.63, 3.8) is 0 Å². The van der Waals surface area contributed by atoms with Crippen molar-refractivity contribution < 1.29 is 14.3 Å². The number of amidine groups is 1. The monoisotopic (exact) mass is 356 g/mol. The Morgan fingerprint density at radius 3 is 2.81 bits per heavy atom. The van der Waals surface area contributed by atoms with Gasteiger partial charge in [0.15, 0.2) is 17.4 Å². The molecule has 3 N–H and O–H groups in total. The van der Waals surface area contributed by atoms with Crippen LogP contribution in [-0.2, 0) is 13.7 Å². The van der Waals surface area contributed by atoms with Crippen LogP contribution in [0.15, 0.2) is 27.8 Å². The lowest BCUT2D eigenvalue weighted by atomic mass is 10.2. The minimum absolute atomic E-state index is 0.0789. The van der Waals surface area contributed by atoms with Gasteiger partial charge >= 0.3 is 0 Å². The Labute approximate surface area is 129 Å². The molecule has 0 aliphatic carbocycles. The van der Waals surface area contributed by atoms with Crippen LogP contribution < -0.4 is 10.5 Å². The Balaban J connectivity index is 2.17. The van der Waals surface area contributed by atoms with E-state index >= 15 is 0 Å². The fraction of sp³-hybridized carbons (Fsp3) is 0.231. The molecule has 0 aliphatic heterocycles. The van der Waals surface area contributed by atoms with E-state index in [1.54, 1.807) is 11.7 Å². The molecule has 112 valence electrons. The summed E-state index contributed by atoms with van der Waals surface area (Å²) >= 11 is 3.42.